The lowest BCUT2D eigenvalue weighted by molar-refractivity contribution is -0.385. The minimum absolute atomic E-state index is 0.0651. The van der Waals surface area contributed by atoms with E-state index >= 15 is 0 Å². The summed E-state index contributed by atoms with van der Waals surface area (Å²) in [7, 11) is 0. The Hall–Kier alpha value is -5.12. The van der Waals surface area contributed by atoms with E-state index in [1.54, 1.807) is 52.0 Å². The first kappa shape index (κ1) is 38.1. The second-order valence-corrected chi connectivity index (χ2v) is 14.5. The number of hydrogen-bond donors (Lipinski definition) is 2. The summed E-state index contributed by atoms with van der Waals surface area (Å²) in [6.07, 6.45) is 14.3. The van der Waals surface area contributed by atoms with Crippen molar-refractivity contribution in [1.29, 1.82) is 0 Å². The van der Waals surface area contributed by atoms with Gasteiger partial charge in [-0.15, -0.1) is 0 Å². The molecule has 4 aromatic carbocycles. The molecule has 0 aliphatic heterocycles. The van der Waals surface area contributed by atoms with E-state index in [0.717, 1.165) is 70.9 Å². The van der Waals surface area contributed by atoms with Crippen LogP contribution in [0.4, 0.5) is 11.4 Å². The number of aromatic hydroxyl groups is 2. The molecule has 0 heterocycles. The van der Waals surface area contributed by atoms with E-state index in [1.165, 1.54) is 75.6 Å². The van der Waals surface area contributed by atoms with Crippen molar-refractivity contribution in [1.82, 2.24) is 0 Å². The molecule has 0 spiro atoms. The molecule has 0 unspecified atom stereocenters. The van der Waals surface area contributed by atoms with Crippen LogP contribution in [0.15, 0.2) is 60.7 Å². The van der Waals surface area contributed by atoms with Gasteiger partial charge in [0.1, 0.15) is 34.5 Å². The normalized spacial score (nSPS) is 14.5. The van der Waals surface area contributed by atoms with Gasteiger partial charge in [0, 0.05) is 24.3 Å². The van der Waals surface area contributed by atoms with Gasteiger partial charge in [-0.05, 0) is 135 Å². The summed E-state index contributed by atoms with van der Waals surface area (Å²) in [6, 6.07) is 16.6. The van der Waals surface area contributed by atoms with Crippen LogP contribution in [0, 0.1) is 59.8 Å². The highest BCUT2D eigenvalue weighted by Gasteiger charge is 2.19. The number of phenols is 2. The number of non-ortho nitro benzene ring substituents is 2. The number of hydrogen-bond acceptors (Lipinski definition) is 8. The smallest absolute Gasteiger partial charge is 0.270 e. The number of rotatable bonds is 12. The molecular weight excluding hydrogens is 660 g/mol. The fraction of sp³-hybridized carbons (Fsp3) is 0.429. The third-order valence-corrected chi connectivity index (χ3v) is 10.4. The molecule has 2 saturated carbocycles. The molecule has 10 nitrogen and oxygen atoms in total. The maximum Gasteiger partial charge on any atom is 0.270 e. The monoisotopic (exact) mass is 710 g/mol. The quantitative estimate of drug-likeness (QED) is 0.109. The van der Waals surface area contributed by atoms with Gasteiger partial charge in [0.25, 0.3) is 11.4 Å². The second-order valence-electron chi connectivity index (χ2n) is 14.5. The van der Waals surface area contributed by atoms with Crippen LogP contribution in [0.3, 0.4) is 0 Å². The minimum Gasteiger partial charge on any atom is -0.508 e. The van der Waals surface area contributed by atoms with Gasteiger partial charge in [-0.3, -0.25) is 20.2 Å². The Morgan fingerprint density at radius 1 is 0.577 bits per heavy atom. The van der Waals surface area contributed by atoms with Gasteiger partial charge in [0.2, 0.25) is 0 Å². The fourth-order valence-corrected chi connectivity index (χ4v) is 7.59. The Bertz CT molecular complexity index is 1710. The Morgan fingerprint density at radius 2 is 0.904 bits per heavy atom. The van der Waals surface area contributed by atoms with E-state index in [2.05, 4.69) is 0 Å². The lowest BCUT2D eigenvalue weighted by Gasteiger charge is -2.14. The zero-order chi connectivity index (χ0) is 37.4. The molecule has 52 heavy (non-hydrogen) atoms. The highest BCUT2D eigenvalue weighted by Crippen LogP contribution is 2.37. The molecule has 4 aromatic rings. The molecule has 0 atom stereocenters. The third kappa shape index (κ3) is 10.0. The summed E-state index contributed by atoms with van der Waals surface area (Å²) in [5.41, 5.74) is 4.80. The molecule has 6 rings (SSSR count). The molecule has 0 saturated heterocycles. The Kier molecular flexibility index (Phi) is 12.8. The predicted molar refractivity (Wildman–Crippen MR) is 202 cm³/mol. The van der Waals surface area contributed by atoms with Crippen molar-refractivity contribution in [2.45, 2.75) is 105 Å². The molecule has 0 amide bonds. The SMILES string of the molecule is Cc1cc([N+](=O)[O-])cc(C)c1Oc1ccc(O)c(CCC2CCCC2)c1.Cc1cc([N+](=O)[O-])cc(C)c1Oc1ccc(O)c(CCC2CCCC2)c1. The van der Waals surface area contributed by atoms with Gasteiger partial charge in [0.15, 0.2) is 0 Å². The molecule has 276 valence electrons. The Balaban J connectivity index is 0.000000201. The van der Waals surface area contributed by atoms with Crippen LogP contribution in [0.5, 0.6) is 34.5 Å². The molecule has 10 heteroatoms. The number of nitro benzene ring substituents is 2. The van der Waals surface area contributed by atoms with Crippen molar-refractivity contribution in [3.05, 3.63) is 114 Å². The van der Waals surface area contributed by atoms with Crippen molar-refractivity contribution in [2.24, 2.45) is 11.8 Å². The van der Waals surface area contributed by atoms with Crippen LogP contribution in [-0.2, 0) is 12.8 Å². The predicted octanol–water partition coefficient (Wildman–Crippen LogP) is 11.7. The van der Waals surface area contributed by atoms with Crippen molar-refractivity contribution in [3.63, 3.8) is 0 Å². The van der Waals surface area contributed by atoms with E-state index in [0.29, 0.717) is 34.5 Å². The lowest BCUT2D eigenvalue weighted by Crippen LogP contribution is -1.98. The van der Waals surface area contributed by atoms with Crippen LogP contribution >= 0.6 is 0 Å². The number of benzene rings is 4. The second kappa shape index (κ2) is 17.4. The van der Waals surface area contributed by atoms with Crippen molar-refractivity contribution >= 4 is 11.4 Å². The van der Waals surface area contributed by atoms with Gasteiger partial charge in [-0.25, -0.2) is 0 Å². The summed E-state index contributed by atoms with van der Waals surface area (Å²) < 4.78 is 12.0. The van der Waals surface area contributed by atoms with Crippen molar-refractivity contribution in [2.75, 3.05) is 0 Å². The summed E-state index contributed by atoms with van der Waals surface area (Å²) in [5, 5.41) is 42.3. The lowest BCUT2D eigenvalue weighted by atomic mass is 9.97. The zero-order valence-corrected chi connectivity index (χ0v) is 30.7. The van der Waals surface area contributed by atoms with Crippen LogP contribution in [0.25, 0.3) is 0 Å². The summed E-state index contributed by atoms with van der Waals surface area (Å²) in [6.45, 7) is 7.21. The summed E-state index contributed by atoms with van der Waals surface area (Å²) in [4.78, 5) is 21.2. The topological polar surface area (TPSA) is 145 Å². The van der Waals surface area contributed by atoms with Crippen LogP contribution in [0.1, 0.15) is 97.6 Å². The molecule has 0 radical (unpaired) electrons. The van der Waals surface area contributed by atoms with E-state index in [9.17, 15) is 30.4 Å². The number of phenolic OH excluding ortho intramolecular Hbond substituents is 2. The molecule has 2 aliphatic carbocycles. The van der Waals surface area contributed by atoms with Crippen molar-refractivity contribution in [3.8, 4) is 34.5 Å². The first-order valence-corrected chi connectivity index (χ1v) is 18.4. The van der Waals surface area contributed by atoms with E-state index in [4.69, 9.17) is 9.47 Å². The molecule has 0 bridgehead atoms. The molecule has 0 aromatic heterocycles. The number of aryl methyl sites for hydroxylation is 6. The number of nitrogens with zero attached hydrogens (tertiary/aromatic N) is 2. The van der Waals surface area contributed by atoms with Gasteiger partial charge >= 0.3 is 0 Å². The maximum absolute atomic E-state index is 11.0. The fourth-order valence-electron chi connectivity index (χ4n) is 7.59. The molecule has 2 fully saturated rings. The van der Waals surface area contributed by atoms with E-state index in [1.807, 2.05) is 12.1 Å². The van der Waals surface area contributed by atoms with E-state index in [-0.39, 0.29) is 11.4 Å². The third-order valence-electron chi connectivity index (χ3n) is 10.4. The van der Waals surface area contributed by atoms with Crippen molar-refractivity contribution < 1.29 is 29.5 Å². The van der Waals surface area contributed by atoms with Crippen LogP contribution < -0.4 is 9.47 Å². The van der Waals surface area contributed by atoms with Gasteiger partial charge < -0.3 is 19.7 Å². The first-order chi connectivity index (χ1) is 24.9. The highest BCUT2D eigenvalue weighted by molar-refractivity contribution is 5.52. The maximum atomic E-state index is 11.0. The Morgan fingerprint density at radius 3 is 1.21 bits per heavy atom. The summed E-state index contributed by atoms with van der Waals surface area (Å²) >= 11 is 0. The summed E-state index contributed by atoms with van der Waals surface area (Å²) in [5.74, 6) is 4.66. The van der Waals surface area contributed by atoms with E-state index < -0.39 is 9.85 Å². The first-order valence-electron chi connectivity index (χ1n) is 18.4. The number of ether oxygens (including phenoxy) is 2. The highest BCUT2D eigenvalue weighted by atomic mass is 16.6. The number of nitro groups is 2. The van der Waals surface area contributed by atoms with Gasteiger partial charge in [-0.1, -0.05) is 51.4 Å². The van der Waals surface area contributed by atoms with Gasteiger partial charge in [0.05, 0.1) is 9.85 Å². The van der Waals surface area contributed by atoms with Crippen LogP contribution in [0.2, 0.25) is 0 Å². The van der Waals surface area contributed by atoms with Crippen LogP contribution in [-0.4, -0.2) is 20.1 Å². The average molecular weight is 711 g/mol. The standard InChI is InChI=1S/2C21H25NO4/c2*1-14-11-18(22(24)25)12-15(2)21(14)26-19-9-10-20(23)17(13-19)8-7-16-5-3-4-6-16/h2*9-13,16,23H,3-8H2,1-2H3. The minimum atomic E-state index is -0.397. The Labute approximate surface area is 305 Å². The molecule has 2 N–H and O–H groups in total. The average Bonchev–Trinajstić information content (AvgIpc) is 3.83. The largest absolute Gasteiger partial charge is 0.508 e. The molecule has 2 aliphatic rings. The molecular formula is C42H50N2O8. The zero-order valence-electron chi connectivity index (χ0n) is 30.7. The van der Waals surface area contributed by atoms with Gasteiger partial charge in [-0.2, -0.15) is 0 Å².